The zero-order valence-corrected chi connectivity index (χ0v) is 13.8. The molecule has 6 nitrogen and oxygen atoms in total. The zero-order chi connectivity index (χ0) is 17.8. The molecule has 0 aliphatic carbocycles. The standard InChI is InChI=1S/C18H14ClNO5/c19-12-7-5-11(6-8-12)16(21)20-14-4-2-1-3-13(14)17(22)25-15-9-10-24-18(15)23/h1-8,15H,9-10H2,(H,20,21)/t15-/m0/s1. The van der Waals surface area contributed by atoms with Crippen LogP contribution in [-0.4, -0.2) is 30.6 Å². The summed E-state index contributed by atoms with van der Waals surface area (Å²) in [6.45, 7) is 0.228. The van der Waals surface area contributed by atoms with Gasteiger partial charge in [0.25, 0.3) is 5.91 Å². The summed E-state index contributed by atoms with van der Waals surface area (Å²) in [7, 11) is 0. The highest BCUT2D eigenvalue weighted by Crippen LogP contribution is 2.20. The highest BCUT2D eigenvalue weighted by Gasteiger charge is 2.31. The third-order valence-corrected chi connectivity index (χ3v) is 3.89. The second-order valence-corrected chi connectivity index (χ2v) is 5.79. The molecule has 1 aliphatic heterocycles. The molecule has 25 heavy (non-hydrogen) atoms. The van der Waals surface area contributed by atoms with Crippen molar-refractivity contribution in [2.75, 3.05) is 11.9 Å². The molecule has 0 spiro atoms. The van der Waals surface area contributed by atoms with Gasteiger partial charge in [0.2, 0.25) is 6.10 Å². The summed E-state index contributed by atoms with van der Waals surface area (Å²) in [4.78, 5) is 36.1. The number of hydrogen-bond donors (Lipinski definition) is 1. The van der Waals surface area contributed by atoms with Gasteiger partial charge in [0.1, 0.15) is 0 Å². The van der Waals surface area contributed by atoms with Gasteiger partial charge in [0.05, 0.1) is 17.9 Å². The predicted molar refractivity (Wildman–Crippen MR) is 90.6 cm³/mol. The smallest absolute Gasteiger partial charge is 0.347 e. The summed E-state index contributed by atoms with van der Waals surface area (Å²) in [5, 5.41) is 3.18. The van der Waals surface area contributed by atoms with Crippen molar-refractivity contribution in [1.29, 1.82) is 0 Å². The minimum absolute atomic E-state index is 0.157. The molecule has 0 bridgehead atoms. The lowest BCUT2D eigenvalue weighted by Gasteiger charge is -2.12. The van der Waals surface area contributed by atoms with E-state index >= 15 is 0 Å². The molecular weight excluding hydrogens is 346 g/mol. The van der Waals surface area contributed by atoms with Crippen LogP contribution in [0.25, 0.3) is 0 Å². The largest absolute Gasteiger partial charge is 0.463 e. The van der Waals surface area contributed by atoms with Crippen LogP contribution in [0.4, 0.5) is 5.69 Å². The highest BCUT2D eigenvalue weighted by molar-refractivity contribution is 6.30. The molecule has 0 aromatic heterocycles. The van der Waals surface area contributed by atoms with Gasteiger partial charge < -0.3 is 14.8 Å². The lowest BCUT2D eigenvalue weighted by atomic mass is 10.1. The Morgan fingerprint density at radius 3 is 2.52 bits per heavy atom. The quantitative estimate of drug-likeness (QED) is 0.848. The normalized spacial score (nSPS) is 16.2. The Labute approximate surface area is 148 Å². The highest BCUT2D eigenvalue weighted by atomic mass is 35.5. The van der Waals surface area contributed by atoms with Crippen molar-refractivity contribution in [2.45, 2.75) is 12.5 Å². The fourth-order valence-corrected chi connectivity index (χ4v) is 2.47. The van der Waals surface area contributed by atoms with Crippen molar-refractivity contribution in [3.05, 3.63) is 64.7 Å². The molecule has 1 aliphatic rings. The Morgan fingerprint density at radius 2 is 1.84 bits per heavy atom. The summed E-state index contributed by atoms with van der Waals surface area (Å²) >= 11 is 5.81. The summed E-state index contributed by atoms with van der Waals surface area (Å²) in [5.74, 6) is -1.65. The number of benzene rings is 2. The number of carbonyl (C=O) groups excluding carboxylic acids is 3. The first-order chi connectivity index (χ1) is 12.0. The molecule has 128 valence electrons. The van der Waals surface area contributed by atoms with Crippen molar-refractivity contribution in [3.8, 4) is 0 Å². The number of esters is 2. The van der Waals surface area contributed by atoms with Gasteiger partial charge in [-0.2, -0.15) is 0 Å². The van der Waals surface area contributed by atoms with Gasteiger partial charge in [0.15, 0.2) is 0 Å². The van der Waals surface area contributed by atoms with Crippen molar-refractivity contribution in [3.63, 3.8) is 0 Å². The van der Waals surface area contributed by atoms with E-state index in [1.54, 1.807) is 42.5 Å². The number of cyclic esters (lactones) is 1. The fraction of sp³-hybridized carbons (Fsp3) is 0.167. The molecule has 0 unspecified atom stereocenters. The van der Waals surface area contributed by atoms with Gasteiger partial charge >= 0.3 is 11.9 Å². The monoisotopic (exact) mass is 359 g/mol. The molecule has 1 heterocycles. The molecule has 1 N–H and O–H groups in total. The Kier molecular flexibility index (Phi) is 5.00. The third kappa shape index (κ3) is 3.97. The minimum atomic E-state index is -0.910. The number of halogens is 1. The summed E-state index contributed by atoms with van der Waals surface area (Å²) in [6.07, 6.45) is -0.586. The molecule has 2 aromatic carbocycles. The number of anilines is 1. The lowest BCUT2D eigenvalue weighted by molar-refractivity contribution is -0.145. The van der Waals surface area contributed by atoms with Crippen LogP contribution in [0.2, 0.25) is 5.02 Å². The first-order valence-electron chi connectivity index (χ1n) is 7.58. The van der Waals surface area contributed by atoms with E-state index in [1.807, 2.05) is 0 Å². The van der Waals surface area contributed by atoms with E-state index in [0.29, 0.717) is 22.7 Å². The van der Waals surface area contributed by atoms with Crippen LogP contribution in [0, 0.1) is 0 Å². The molecule has 1 fully saturated rings. The number of rotatable bonds is 4. The van der Waals surface area contributed by atoms with Crippen molar-refractivity contribution >= 4 is 35.1 Å². The second kappa shape index (κ2) is 7.36. The number of hydrogen-bond acceptors (Lipinski definition) is 5. The van der Waals surface area contributed by atoms with Crippen LogP contribution >= 0.6 is 11.6 Å². The topological polar surface area (TPSA) is 81.7 Å². The van der Waals surface area contributed by atoms with E-state index in [1.165, 1.54) is 6.07 Å². The molecule has 0 radical (unpaired) electrons. The van der Waals surface area contributed by atoms with Crippen LogP contribution in [-0.2, 0) is 14.3 Å². The zero-order valence-electron chi connectivity index (χ0n) is 13.0. The second-order valence-electron chi connectivity index (χ2n) is 5.36. The number of para-hydroxylation sites is 1. The first-order valence-corrected chi connectivity index (χ1v) is 7.96. The molecule has 1 atom stereocenters. The molecule has 7 heteroatoms. The number of nitrogens with one attached hydrogen (secondary N) is 1. The Bertz CT molecular complexity index is 818. The van der Waals surface area contributed by atoms with Crippen molar-refractivity contribution in [1.82, 2.24) is 0 Å². The Hall–Kier alpha value is -2.86. The van der Waals surface area contributed by atoms with Gasteiger partial charge in [-0.25, -0.2) is 9.59 Å². The van der Waals surface area contributed by atoms with E-state index in [4.69, 9.17) is 21.1 Å². The van der Waals surface area contributed by atoms with Gasteiger partial charge in [-0.05, 0) is 36.4 Å². The van der Waals surface area contributed by atoms with Gasteiger partial charge in [0, 0.05) is 17.0 Å². The Balaban J connectivity index is 1.76. The van der Waals surface area contributed by atoms with Crippen LogP contribution in [0.15, 0.2) is 48.5 Å². The van der Waals surface area contributed by atoms with E-state index in [9.17, 15) is 14.4 Å². The van der Waals surface area contributed by atoms with Crippen molar-refractivity contribution in [2.24, 2.45) is 0 Å². The molecule has 1 amide bonds. The van der Waals surface area contributed by atoms with Gasteiger partial charge in [-0.3, -0.25) is 4.79 Å². The predicted octanol–water partition coefficient (Wildman–Crippen LogP) is 3.06. The summed E-state index contributed by atoms with van der Waals surface area (Å²) in [6, 6.07) is 12.8. The van der Waals surface area contributed by atoms with Crippen LogP contribution in [0.1, 0.15) is 27.1 Å². The van der Waals surface area contributed by atoms with Crippen molar-refractivity contribution < 1.29 is 23.9 Å². The van der Waals surface area contributed by atoms with E-state index in [-0.39, 0.29) is 12.2 Å². The van der Waals surface area contributed by atoms with E-state index in [0.717, 1.165) is 0 Å². The van der Waals surface area contributed by atoms with Crippen LogP contribution in [0.5, 0.6) is 0 Å². The maximum atomic E-state index is 12.3. The maximum Gasteiger partial charge on any atom is 0.347 e. The van der Waals surface area contributed by atoms with Gasteiger partial charge in [-0.15, -0.1) is 0 Å². The Morgan fingerprint density at radius 1 is 1.12 bits per heavy atom. The molecular formula is C18H14ClNO5. The molecule has 0 saturated carbocycles. The third-order valence-electron chi connectivity index (χ3n) is 3.64. The van der Waals surface area contributed by atoms with Crippen LogP contribution in [0.3, 0.4) is 0 Å². The molecule has 1 saturated heterocycles. The average Bonchev–Trinajstić information content (AvgIpc) is 3.00. The maximum absolute atomic E-state index is 12.3. The number of ether oxygens (including phenoxy) is 2. The minimum Gasteiger partial charge on any atom is -0.463 e. The number of carbonyl (C=O) groups is 3. The van der Waals surface area contributed by atoms with Gasteiger partial charge in [-0.1, -0.05) is 23.7 Å². The number of amides is 1. The average molecular weight is 360 g/mol. The van der Waals surface area contributed by atoms with E-state index < -0.39 is 23.9 Å². The SMILES string of the molecule is O=C(Nc1ccccc1C(=O)O[C@H]1CCOC1=O)c1ccc(Cl)cc1. The summed E-state index contributed by atoms with van der Waals surface area (Å²) in [5.41, 5.74) is 0.843. The van der Waals surface area contributed by atoms with E-state index in [2.05, 4.69) is 5.32 Å². The molecule has 2 aromatic rings. The first kappa shape index (κ1) is 17.0. The van der Waals surface area contributed by atoms with Crippen LogP contribution < -0.4 is 5.32 Å². The lowest BCUT2D eigenvalue weighted by Crippen LogP contribution is -2.23. The molecule has 3 rings (SSSR count). The summed E-state index contributed by atoms with van der Waals surface area (Å²) < 4.78 is 9.94. The fourth-order valence-electron chi connectivity index (χ4n) is 2.34.